The molecule has 0 aliphatic heterocycles. The molecule has 0 aromatic heterocycles. The largest absolute Gasteiger partial charge is 0.397 e. The Kier molecular flexibility index (Phi) is 14.7. The van der Waals surface area contributed by atoms with Gasteiger partial charge in [-0.3, -0.25) is 15.0 Å². The van der Waals surface area contributed by atoms with Gasteiger partial charge >= 0.3 is 0 Å². The second kappa shape index (κ2) is 17.4. The predicted octanol–water partition coefficient (Wildman–Crippen LogP) is 5.47. The molecule has 0 bridgehead atoms. The van der Waals surface area contributed by atoms with Crippen LogP contribution in [0.4, 0.5) is 4.39 Å². The Hall–Kier alpha value is -4.35. The number of aryl methyl sites for hydroxylation is 1. The van der Waals surface area contributed by atoms with Crippen LogP contribution in [-0.2, 0) is 22.6 Å². The molecule has 3 aromatic carbocycles. The number of rotatable bonds is 7. The number of carbonyl (C=O) groups excluding carboxylic acids is 2. The number of benzene rings is 3. The third-order valence-corrected chi connectivity index (χ3v) is 5.97. The summed E-state index contributed by atoms with van der Waals surface area (Å²) < 4.78 is 13.8. The van der Waals surface area contributed by atoms with Gasteiger partial charge in [0.15, 0.2) is 0 Å². The van der Waals surface area contributed by atoms with E-state index in [4.69, 9.17) is 15.8 Å². The van der Waals surface area contributed by atoms with Crippen LogP contribution in [0.15, 0.2) is 72.8 Å². The van der Waals surface area contributed by atoms with Crippen LogP contribution in [0.1, 0.15) is 62.4 Å². The van der Waals surface area contributed by atoms with Gasteiger partial charge < -0.3 is 15.7 Å². The first-order chi connectivity index (χ1) is 19.4. The maximum atomic E-state index is 13.8. The highest BCUT2D eigenvalue weighted by Gasteiger charge is 2.33. The summed E-state index contributed by atoms with van der Waals surface area (Å²) in [5.74, 6) is -1.54. The highest BCUT2D eigenvalue weighted by atomic mass is 19.1. The zero-order valence-electron chi connectivity index (χ0n) is 24.7. The molecule has 1 unspecified atom stereocenters. The number of nitrogens with zero attached hydrogens (tertiary/aromatic N) is 1. The van der Waals surface area contributed by atoms with Crippen molar-refractivity contribution in [3.05, 3.63) is 106 Å². The fourth-order valence-electron chi connectivity index (χ4n) is 3.58. The lowest BCUT2D eigenvalue weighted by Gasteiger charge is -2.30. The van der Waals surface area contributed by atoms with Gasteiger partial charge in [0, 0.05) is 18.7 Å². The van der Waals surface area contributed by atoms with Crippen molar-refractivity contribution in [3.8, 4) is 6.07 Å². The van der Waals surface area contributed by atoms with Crippen molar-refractivity contribution in [2.75, 3.05) is 6.61 Å². The molecule has 0 aliphatic rings. The number of hydrogen-bond acceptors (Lipinski definition) is 5. The summed E-state index contributed by atoms with van der Waals surface area (Å²) in [6.45, 7) is 11.4. The minimum absolute atomic E-state index is 0.204. The van der Waals surface area contributed by atoms with E-state index in [9.17, 15) is 14.0 Å². The Morgan fingerprint density at radius 2 is 1.56 bits per heavy atom. The fourth-order valence-corrected chi connectivity index (χ4v) is 3.58. The van der Waals surface area contributed by atoms with Crippen LogP contribution >= 0.6 is 0 Å². The summed E-state index contributed by atoms with van der Waals surface area (Å²) in [5, 5.41) is 29.6. The maximum absolute atomic E-state index is 13.8. The summed E-state index contributed by atoms with van der Waals surface area (Å²) in [5.41, 5.74) is 2.43. The number of carbonyl (C=O) groups is 2. The molecule has 0 radical (unpaired) electrons. The molecule has 4 N–H and O–H groups in total. The number of halogens is 1. The highest BCUT2D eigenvalue weighted by Crippen LogP contribution is 2.20. The van der Waals surface area contributed by atoms with Gasteiger partial charge in [-0.15, -0.1) is 0 Å². The summed E-state index contributed by atoms with van der Waals surface area (Å²) in [7, 11) is 0. The van der Waals surface area contributed by atoms with E-state index >= 15 is 0 Å². The third-order valence-electron chi connectivity index (χ3n) is 5.97. The van der Waals surface area contributed by atoms with Crippen LogP contribution in [0.5, 0.6) is 0 Å². The standard InChI is InChI=1S/C22H26FN3O2.C9H9N.C2H6O/c1-14-16(11-8-12-17(14)23)18(24)20(27)26-19(22(2,3)4)21(28)25-13-15-9-6-5-7-10-15;1-2-8-3-5-9(7-10)6-4-8;1-2-3/h5-12,19,24H,13H2,1-4H3,(H,25,28)(H,26,27);3-6H,2H2,1H3;3H,2H2,1H3. The molecule has 8 heteroatoms. The van der Waals surface area contributed by atoms with Gasteiger partial charge in [-0.25, -0.2) is 4.39 Å². The lowest BCUT2D eigenvalue weighted by Crippen LogP contribution is -2.54. The molecule has 0 saturated carbocycles. The average molecular weight is 561 g/mol. The van der Waals surface area contributed by atoms with Crippen LogP contribution in [-0.4, -0.2) is 35.3 Å². The monoisotopic (exact) mass is 560 g/mol. The normalized spacial score (nSPS) is 10.9. The van der Waals surface area contributed by atoms with Crippen molar-refractivity contribution in [2.45, 2.75) is 60.5 Å². The van der Waals surface area contributed by atoms with Gasteiger partial charge in [0.25, 0.3) is 5.91 Å². The first-order valence-corrected chi connectivity index (χ1v) is 13.5. The first-order valence-electron chi connectivity index (χ1n) is 13.5. The second-order valence-electron chi connectivity index (χ2n) is 10.2. The van der Waals surface area contributed by atoms with E-state index in [2.05, 4.69) is 23.6 Å². The van der Waals surface area contributed by atoms with Crippen LogP contribution < -0.4 is 10.6 Å². The van der Waals surface area contributed by atoms with E-state index < -0.39 is 23.2 Å². The highest BCUT2D eigenvalue weighted by molar-refractivity contribution is 6.44. The SMILES string of the molecule is CCO.CCc1ccc(C#N)cc1.Cc1c(F)cccc1C(=N)C(=O)NC(C(=O)NCc1ccccc1)C(C)(C)C. The topological polar surface area (TPSA) is 126 Å². The van der Waals surface area contributed by atoms with Gasteiger partial charge in [0.1, 0.15) is 17.6 Å². The van der Waals surface area contributed by atoms with Gasteiger partial charge in [0.05, 0.1) is 11.6 Å². The summed E-state index contributed by atoms with van der Waals surface area (Å²) >= 11 is 0. The Labute approximate surface area is 242 Å². The first kappa shape index (κ1) is 34.7. The molecule has 3 rings (SSSR count). The number of aliphatic hydroxyl groups excluding tert-OH is 1. The van der Waals surface area contributed by atoms with E-state index in [1.165, 1.54) is 30.7 Å². The fraction of sp³-hybridized carbons (Fsp3) is 0.333. The van der Waals surface area contributed by atoms with Crippen molar-refractivity contribution in [3.63, 3.8) is 0 Å². The van der Waals surface area contributed by atoms with E-state index in [0.717, 1.165) is 17.5 Å². The van der Waals surface area contributed by atoms with Gasteiger partial charge in [0.2, 0.25) is 5.91 Å². The molecule has 0 saturated heterocycles. The van der Waals surface area contributed by atoms with E-state index in [1.54, 1.807) is 6.92 Å². The Bertz CT molecular complexity index is 1310. The lowest BCUT2D eigenvalue weighted by molar-refractivity contribution is -0.129. The number of nitrogens with one attached hydrogen (secondary N) is 3. The molecule has 3 aromatic rings. The molecule has 0 aliphatic carbocycles. The van der Waals surface area contributed by atoms with Crippen molar-refractivity contribution in [1.82, 2.24) is 10.6 Å². The average Bonchev–Trinajstić information content (AvgIpc) is 2.96. The van der Waals surface area contributed by atoms with Crippen molar-refractivity contribution >= 4 is 17.5 Å². The summed E-state index contributed by atoms with van der Waals surface area (Å²) in [4.78, 5) is 25.3. The second-order valence-corrected chi connectivity index (χ2v) is 10.2. The molecule has 0 fully saturated rings. The van der Waals surface area contributed by atoms with Crippen LogP contribution in [0, 0.1) is 34.9 Å². The summed E-state index contributed by atoms with van der Waals surface area (Å²) in [6.07, 6.45) is 1.03. The lowest BCUT2D eigenvalue weighted by atomic mass is 9.85. The van der Waals surface area contributed by atoms with Crippen molar-refractivity contribution < 1.29 is 19.1 Å². The third kappa shape index (κ3) is 11.7. The molecule has 7 nitrogen and oxygen atoms in total. The minimum Gasteiger partial charge on any atom is -0.397 e. The number of aliphatic hydroxyl groups is 1. The van der Waals surface area contributed by atoms with Crippen LogP contribution in [0.2, 0.25) is 0 Å². The Morgan fingerprint density at radius 3 is 2.07 bits per heavy atom. The molecule has 1 atom stereocenters. The molecule has 218 valence electrons. The molecule has 2 amide bonds. The van der Waals surface area contributed by atoms with Gasteiger partial charge in [-0.05, 0) is 60.6 Å². The van der Waals surface area contributed by atoms with Crippen LogP contribution in [0.3, 0.4) is 0 Å². The number of hydrogen-bond donors (Lipinski definition) is 4. The predicted molar refractivity (Wildman–Crippen MR) is 161 cm³/mol. The molecule has 0 spiro atoms. The zero-order valence-corrected chi connectivity index (χ0v) is 24.7. The smallest absolute Gasteiger partial charge is 0.270 e. The minimum atomic E-state index is -0.849. The summed E-state index contributed by atoms with van der Waals surface area (Å²) in [6, 6.07) is 22.6. The van der Waals surface area contributed by atoms with Crippen molar-refractivity contribution in [2.24, 2.45) is 5.41 Å². The Morgan fingerprint density at radius 1 is 0.976 bits per heavy atom. The van der Waals surface area contributed by atoms with E-state index in [-0.39, 0.29) is 29.4 Å². The number of amides is 2. The maximum Gasteiger partial charge on any atom is 0.270 e. The molecule has 0 heterocycles. The Balaban J connectivity index is 0.000000534. The molecular formula is C33H41FN4O3. The molecule has 41 heavy (non-hydrogen) atoms. The van der Waals surface area contributed by atoms with Gasteiger partial charge in [-0.2, -0.15) is 5.26 Å². The zero-order chi connectivity index (χ0) is 31.0. The van der Waals surface area contributed by atoms with Crippen molar-refractivity contribution in [1.29, 1.82) is 10.7 Å². The quantitative estimate of drug-likeness (QED) is 0.286. The van der Waals surface area contributed by atoms with Crippen LogP contribution in [0.25, 0.3) is 0 Å². The molecular weight excluding hydrogens is 519 g/mol. The van der Waals surface area contributed by atoms with E-state index in [0.29, 0.717) is 6.54 Å². The number of nitriles is 1. The van der Waals surface area contributed by atoms with E-state index in [1.807, 2.05) is 75.4 Å². The van der Waals surface area contributed by atoms with Gasteiger partial charge in [-0.1, -0.05) is 82.3 Å².